The number of aryl methyl sites for hydroxylation is 1. The van der Waals surface area contributed by atoms with Crippen LogP contribution in [-0.2, 0) is 13.1 Å². The van der Waals surface area contributed by atoms with E-state index in [4.69, 9.17) is 0 Å². The molecule has 25 heavy (non-hydrogen) atoms. The first-order valence-electron chi connectivity index (χ1n) is 7.75. The van der Waals surface area contributed by atoms with E-state index in [-0.39, 0.29) is 18.3 Å². The van der Waals surface area contributed by atoms with Gasteiger partial charge in [-0.3, -0.25) is 4.79 Å². The first kappa shape index (κ1) is 17.0. The molecule has 0 aliphatic heterocycles. The van der Waals surface area contributed by atoms with Crippen molar-refractivity contribution in [1.29, 1.82) is 0 Å². The number of nitrogens with zero attached hydrogens (tertiary/aromatic N) is 2. The largest absolute Gasteiger partial charge is 0.350 e. The maximum atomic E-state index is 13.6. The van der Waals surface area contributed by atoms with Crippen molar-refractivity contribution in [3.63, 3.8) is 0 Å². The summed E-state index contributed by atoms with van der Waals surface area (Å²) in [7, 11) is 0. The monoisotopic (exact) mass is 356 g/mol. The van der Waals surface area contributed by atoms with E-state index in [2.05, 4.69) is 20.6 Å². The molecule has 0 spiro atoms. The van der Waals surface area contributed by atoms with Crippen molar-refractivity contribution in [1.82, 2.24) is 15.3 Å². The molecule has 0 saturated heterocycles. The van der Waals surface area contributed by atoms with Crippen LogP contribution in [0.3, 0.4) is 0 Å². The van der Waals surface area contributed by atoms with Crippen LogP contribution < -0.4 is 10.6 Å². The highest BCUT2D eigenvalue weighted by Crippen LogP contribution is 2.12. The van der Waals surface area contributed by atoms with Crippen LogP contribution in [0.2, 0.25) is 0 Å². The lowest BCUT2D eigenvalue weighted by molar-refractivity contribution is 0.0950. The van der Waals surface area contributed by atoms with E-state index in [0.29, 0.717) is 29.3 Å². The van der Waals surface area contributed by atoms with E-state index in [1.807, 2.05) is 17.5 Å². The predicted octanol–water partition coefficient (Wildman–Crippen LogP) is 3.53. The molecule has 3 aromatic rings. The summed E-state index contributed by atoms with van der Waals surface area (Å²) in [6.45, 7) is 2.50. The van der Waals surface area contributed by atoms with Crippen LogP contribution in [0.1, 0.15) is 26.5 Å². The van der Waals surface area contributed by atoms with Gasteiger partial charge in [-0.2, -0.15) is 0 Å². The number of halogens is 1. The smallest absolute Gasteiger partial charge is 0.254 e. The van der Waals surface area contributed by atoms with Gasteiger partial charge in [0.05, 0.1) is 17.8 Å². The Morgan fingerprint density at radius 2 is 2.04 bits per heavy atom. The lowest BCUT2D eigenvalue weighted by Crippen LogP contribution is -2.24. The third kappa shape index (κ3) is 4.39. The average molecular weight is 356 g/mol. The highest BCUT2D eigenvalue weighted by atomic mass is 32.1. The number of anilines is 1. The minimum Gasteiger partial charge on any atom is -0.350 e. The first-order chi connectivity index (χ1) is 12.1. The molecule has 0 bridgehead atoms. The Morgan fingerprint density at radius 3 is 2.76 bits per heavy atom. The second kappa shape index (κ2) is 7.85. The van der Waals surface area contributed by atoms with Crippen molar-refractivity contribution in [2.45, 2.75) is 20.0 Å². The zero-order valence-corrected chi connectivity index (χ0v) is 14.4. The number of aromatic nitrogens is 2. The maximum absolute atomic E-state index is 13.6. The summed E-state index contributed by atoms with van der Waals surface area (Å²) in [6, 6.07) is 10.4. The molecule has 5 nitrogen and oxygen atoms in total. The van der Waals surface area contributed by atoms with Crippen molar-refractivity contribution in [3.05, 3.63) is 75.5 Å². The van der Waals surface area contributed by atoms with Crippen LogP contribution in [0.25, 0.3) is 0 Å². The number of rotatable bonds is 6. The second-order valence-electron chi connectivity index (χ2n) is 5.40. The number of nitrogens with one attached hydrogen (secondary N) is 2. The van der Waals surface area contributed by atoms with Crippen molar-refractivity contribution in [2.75, 3.05) is 5.32 Å². The van der Waals surface area contributed by atoms with Gasteiger partial charge in [0.2, 0.25) is 5.95 Å². The Bertz CT molecular complexity index is 867. The van der Waals surface area contributed by atoms with Gasteiger partial charge in [-0.1, -0.05) is 24.3 Å². The standard InChI is InChI=1S/C18H17FN4OS/c1-12-15(17(24)20-10-14-6-4-8-25-14)11-22-18(23-12)21-9-13-5-2-3-7-16(13)19/h2-8,11H,9-10H2,1H3,(H,20,24)(H,21,22,23). The zero-order chi connectivity index (χ0) is 17.6. The van der Waals surface area contributed by atoms with Crippen molar-refractivity contribution in [3.8, 4) is 0 Å². The van der Waals surface area contributed by atoms with Crippen molar-refractivity contribution < 1.29 is 9.18 Å². The van der Waals surface area contributed by atoms with Crippen molar-refractivity contribution in [2.24, 2.45) is 0 Å². The van der Waals surface area contributed by atoms with Crippen molar-refractivity contribution >= 4 is 23.2 Å². The van der Waals surface area contributed by atoms with Gasteiger partial charge in [-0.15, -0.1) is 11.3 Å². The number of benzene rings is 1. The number of carbonyl (C=O) groups excluding carboxylic acids is 1. The minimum atomic E-state index is -0.281. The zero-order valence-electron chi connectivity index (χ0n) is 13.6. The van der Waals surface area contributed by atoms with Crippen LogP contribution in [0, 0.1) is 12.7 Å². The van der Waals surface area contributed by atoms with Gasteiger partial charge < -0.3 is 10.6 Å². The number of hydrogen-bond donors (Lipinski definition) is 2. The molecular weight excluding hydrogens is 339 g/mol. The van der Waals surface area contributed by atoms with E-state index in [9.17, 15) is 9.18 Å². The number of amides is 1. The molecule has 7 heteroatoms. The summed E-state index contributed by atoms with van der Waals surface area (Å²) >= 11 is 1.59. The van der Waals surface area contributed by atoms with Gasteiger partial charge in [0.15, 0.2) is 0 Å². The molecule has 3 rings (SSSR count). The van der Waals surface area contributed by atoms with E-state index in [0.717, 1.165) is 4.88 Å². The summed E-state index contributed by atoms with van der Waals surface area (Å²) in [6.07, 6.45) is 1.48. The molecule has 0 unspecified atom stereocenters. The van der Waals surface area contributed by atoms with Crippen LogP contribution in [0.5, 0.6) is 0 Å². The van der Waals surface area contributed by atoms with Crippen LogP contribution >= 0.6 is 11.3 Å². The van der Waals surface area contributed by atoms with Crippen LogP contribution in [0.15, 0.2) is 48.0 Å². The summed E-state index contributed by atoms with van der Waals surface area (Å²) in [5.74, 6) is -0.140. The minimum absolute atomic E-state index is 0.216. The van der Waals surface area contributed by atoms with Gasteiger partial charge in [0, 0.05) is 23.2 Å². The Labute approximate surface area is 149 Å². The van der Waals surface area contributed by atoms with E-state index in [1.54, 1.807) is 36.5 Å². The quantitative estimate of drug-likeness (QED) is 0.709. The second-order valence-corrected chi connectivity index (χ2v) is 6.43. The predicted molar refractivity (Wildman–Crippen MR) is 96.0 cm³/mol. The number of hydrogen-bond acceptors (Lipinski definition) is 5. The molecule has 2 heterocycles. The first-order valence-corrected chi connectivity index (χ1v) is 8.63. The lowest BCUT2D eigenvalue weighted by atomic mass is 10.2. The van der Waals surface area contributed by atoms with Crippen LogP contribution in [0.4, 0.5) is 10.3 Å². The molecule has 2 N–H and O–H groups in total. The third-order valence-electron chi connectivity index (χ3n) is 3.62. The fraction of sp³-hybridized carbons (Fsp3) is 0.167. The highest BCUT2D eigenvalue weighted by molar-refractivity contribution is 7.09. The maximum Gasteiger partial charge on any atom is 0.254 e. The lowest BCUT2D eigenvalue weighted by Gasteiger charge is -2.09. The summed E-state index contributed by atoms with van der Waals surface area (Å²) in [5.41, 5.74) is 1.52. The number of thiophene rings is 1. The van der Waals surface area contributed by atoms with E-state index in [1.165, 1.54) is 12.3 Å². The average Bonchev–Trinajstić information content (AvgIpc) is 3.12. The van der Waals surface area contributed by atoms with Gasteiger partial charge in [-0.05, 0) is 24.4 Å². The molecule has 1 aromatic carbocycles. The van der Waals surface area contributed by atoms with E-state index >= 15 is 0 Å². The molecule has 0 atom stereocenters. The molecular formula is C18H17FN4OS. The van der Waals surface area contributed by atoms with Crippen LogP contribution in [-0.4, -0.2) is 15.9 Å². The van der Waals surface area contributed by atoms with Gasteiger partial charge in [0.1, 0.15) is 5.82 Å². The summed E-state index contributed by atoms with van der Waals surface area (Å²) < 4.78 is 13.6. The third-order valence-corrected chi connectivity index (χ3v) is 4.50. The summed E-state index contributed by atoms with van der Waals surface area (Å²) in [5, 5.41) is 7.78. The molecule has 2 aromatic heterocycles. The van der Waals surface area contributed by atoms with Gasteiger partial charge >= 0.3 is 0 Å². The Balaban J connectivity index is 1.62. The molecule has 0 fully saturated rings. The topological polar surface area (TPSA) is 66.9 Å². The molecule has 0 radical (unpaired) electrons. The fourth-order valence-corrected chi connectivity index (χ4v) is 2.91. The Morgan fingerprint density at radius 1 is 1.20 bits per heavy atom. The molecule has 128 valence electrons. The number of carbonyl (C=O) groups is 1. The Kier molecular flexibility index (Phi) is 5.35. The Hall–Kier alpha value is -2.80. The summed E-state index contributed by atoms with van der Waals surface area (Å²) in [4.78, 5) is 21.7. The molecule has 0 aliphatic carbocycles. The molecule has 1 amide bonds. The highest BCUT2D eigenvalue weighted by Gasteiger charge is 2.12. The normalized spacial score (nSPS) is 10.5. The van der Waals surface area contributed by atoms with Gasteiger partial charge in [0.25, 0.3) is 5.91 Å². The molecule has 0 saturated carbocycles. The SMILES string of the molecule is Cc1nc(NCc2ccccc2F)ncc1C(=O)NCc1cccs1. The van der Waals surface area contributed by atoms with E-state index < -0.39 is 0 Å². The van der Waals surface area contributed by atoms with Gasteiger partial charge in [-0.25, -0.2) is 14.4 Å². The molecule has 0 aliphatic rings. The fourth-order valence-electron chi connectivity index (χ4n) is 2.27.